The van der Waals surface area contributed by atoms with Gasteiger partial charge in [-0.05, 0) is 19.1 Å². The summed E-state index contributed by atoms with van der Waals surface area (Å²) in [7, 11) is 0. The third-order valence-corrected chi connectivity index (χ3v) is 5.74. The van der Waals surface area contributed by atoms with Crippen molar-refractivity contribution in [3.05, 3.63) is 24.4 Å². The van der Waals surface area contributed by atoms with Crippen molar-refractivity contribution in [2.24, 2.45) is 5.73 Å². The van der Waals surface area contributed by atoms with Gasteiger partial charge in [0, 0.05) is 24.4 Å². The number of nitrogens with two attached hydrogens (primary N) is 1. The van der Waals surface area contributed by atoms with Crippen LogP contribution < -0.4 is 20.7 Å². The molecular formula is C19H19F2N5O4. The molecule has 1 aromatic heterocycles. The SMILES string of the molecule is C[C@H](Nc1ccc2c(c1)OCCn1cc(N3C(=O)OC4C[C@@]43C(F)F)nc1-2)C(N)=O. The Hall–Kier alpha value is -3.37. The quantitative estimate of drug-likeness (QED) is 0.766. The van der Waals surface area contributed by atoms with Gasteiger partial charge >= 0.3 is 6.09 Å². The molecule has 9 nitrogen and oxygen atoms in total. The van der Waals surface area contributed by atoms with Crippen LogP contribution in [0.3, 0.4) is 0 Å². The summed E-state index contributed by atoms with van der Waals surface area (Å²) >= 11 is 0. The number of hydrogen-bond acceptors (Lipinski definition) is 6. The lowest BCUT2D eigenvalue weighted by Gasteiger charge is -2.22. The molecule has 11 heteroatoms. The first-order chi connectivity index (χ1) is 14.3. The van der Waals surface area contributed by atoms with Gasteiger partial charge in [0.25, 0.3) is 6.43 Å². The molecule has 0 radical (unpaired) electrons. The van der Waals surface area contributed by atoms with E-state index in [0.717, 1.165) is 4.90 Å². The Kier molecular flexibility index (Phi) is 3.92. The van der Waals surface area contributed by atoms with Crippen LogP contribution in [0.25, 0.3) is 11.4 Å². The van der Waals surface area contributed by atoms with E-state index >= 15 is 0 Å². The van der Waals surface area contributed by atoms with E-state index in [1.165, 1.54) is 0 Å². The summed E-state index contributed by atoms with van der Waals surface area (Å²) in [5.41, 5.74) is 4.94. The zero-order chi connectivity index (χ0) is 21.2. The number of anilines is 2. The molecule has 1 saturated carbocycles. The first-order valence-corrected chi connectivity index (χ1v) is 9.50. The minimum atomic E-state index is -2.73. The summed E-state index contributed by atoms with van der Waals surface area (Å²) in [6.07, 6.45) is -2.68. The lowest BCUT2D eigenvalue weighted by Crippen LogP contribution is -2.43. The van der Waals surface area contributed by atoms with Gasteiger partial charge in [-0.25, -0.2) is 23.5 Å². The fourth-order valence-electron chi connectivity index (χ4n) is 3.98. The van der Waals surface area contributed by atoms with Gasteiger partial charge < -0.3 is 25.1 Å². The Morgan fingerprint density at radius 2 is 2.23 bits per heavy atom. The maximum absolute atomic E-state index is 13.7. The van der Waals surface area contributed by atoms with Crippen molar-refractivity contribution < 1.29 is 27.8 Å². The molecule has 1 aromatic carbocycles. The van der Waals surface area contributed by atoms with E-state index < -0.39 is 36.1 Å². The van der Waals surface area contributed by atoms with E-state index in [1.54, 1.807) is 35.9 Å². The van der Waals surface area contributed by atoms with E-state index in [0.29, 0.717) is 36.0 Å². The Morgan fingerprint density at radius 1 is 1.43 bits per heavy atom. The molecule has 5 rings (SSSR count). The number of nitrogens with one attached hydrogen (secondary N) is 1. The summed E-state index contributed by atoms with van der Waals surface area (Å²) in [6.45, 7) is 2.39. The molecule has 30 heavy (non-hydrogen) atoms. The van der Waals surface area contributed by atoms with Crippen molar-refractivity contribution in [3.63, 3.8) is 0 Å². The van der Waals surface area contributed by atoms with Gasteiger partial charge in [-0.2, -0.15) is 0 Å². The standard InChI is InChI=1S/C19H19F2N5O4/c1-9(15(22)27)23-10-2-3-11-12(6-10)29-5-4-25-8-14(24-16(11)25)26-18(28)30-13-7-19(13,26)17(20)21/h2-3,6,8-9,13,17,23H,4-5,7H2,1H3,(H2,22,27)/t9-,13?,19-/m0/s1. The molecule has 2 amide bonds. The Bertz CT molecular complexity index is 1060. The van der Waals surface area contributed by atoms with E-state index in [4.69, 9.17) is 15.2 Å². The van der Waals surface area contributed by atoms with E-state index in [2.05, 4.69) is 10.3 Å². The number of imidazole rings is 1. The van der Waals surface area contributed by atoms with Crippen molar-refractivity contribution in [2.45, 2.75) is 44.0 Å². The highest BCUT2D eigenvalue weighted by Gasteiger charge is 2.74. The molecule has 3 heterocycles. The largest absolute Gasteiger partial charge is 0.491 e. The fraction of sp³-hybridized carbons (Fsp3) is 0.421. The van der Waals surface area contributed by atoms with Crippen LogP contribution in [0.5, 0.6) is 5.75 Å². The average Bonchev–Trinajstić information content (AvgIpc) is 3.18. The Labute approximate surface area is 169 Å². The van der Waals surface area contributed by atoms with Crippen LogP contribution in [0, 0.1) is 0 Å². The number of alkyl halides is 2. The number of halogens is 2. The number of ether oxygens (including phenoxy) is 2. The number of carbonyl (C=O) groups is 2. The van der Waals surface area contributed by atoms with Crippen molar-refractivity contribution >= 4 is 23.5 Å². The van der Waals surface area contributed by atoms with Crippen LogP contribution in [0.1, 0.15) is 13.3 Å². The molecule has 1 unspecified atom stereocenters. The van der Waals surface area contributed by atoms with Crippen molar-refractivity contribution in [2.75, 3.05) is 16.8 Å². The third-order valence-electron chi connectivity index (χ3n) is 5.74. The number of benzene rings is 1. The van der Waals surface area contributed by atoms with E-state index in [1.807, 2.05) is 0 Å². The van der Waals surface area contributed by atoms with Crippen molar-refractivity contribution in [1.29, 1.82) is 0 Å². The van der Waals surface area contributed by atoms with Crippen LogP contribution in [-0.2, 0) is 16.1 Å². The van der Waals surface area contributed by atoms with Gasteiger partial charge in [-0.15, -0.1) is 0 Å². The summed E-state index contributed by atoms with van der Waals surface area (Å²) in [5, 5.41) is 2.99. The first kappa shape index (κ1) is 18.6. The summed E-state index contributed by atoms with van der Waals surface area (Å²) < 4.78 is 40.0. The number of hydrogen-bond donors (Lipinski definition) is 2. The number of aromatic nitrogens is 2. The van der Waals surface area contributed by atoms with Crippen molar-refractivity contribution in [1.82, 2.24) is 9.55 Å². The molecule has 1 saturated heterocycles. The highest BCUT2D eigenvalue weighted by atomic mass is 19.3. The van der Waals surface area contributed by atoms with Crippen LogP contribution in [0.2, 0.25) is 0 Å². The van der Waals surface area contributed by atoms with Crippen molar-refractivity contribution in [3.8, 4) is 17.1 Å². The second-order valence-electron chi connectivity index (χ2n) is 7.65. The molecule has 2 aliphatic heterocycles. The van der Waals surface area contributed by atoms with Crippen LogP contribution in [-0.4, -0.2) is 52.3 Å². The number of nitrogens with zero attached hydrogens (tertiary/aromatic N) is 3. The smallest absolute Gasteiger partial charge is 0.416 e. The number of carbonyl (C=O) groups excluding carboxylic acids is 2. The summed E-state index contributed by atoms with van der Waals surface area (Å²) in [5.74, 6) is 0.653. The van der Waals surface area contributed by atoms with Crippen LogP contribution >= 0.6 is 0 Å². The van der Waals surface area contributed by atoms with E-state index in [-0.39, 0.29) is 12.2 Å². The molecule has 2 fully saturated rings. The van der Waals surface area contributed by atoms with Gasteiger partial charge in [0.15, 0.2) is 11.4 Å². The van der Waals surface area contributed by atoms with Gasteiger partial charge in [-0.1, -0.05) is 0 Å². The topological polar surface area (TPSA) is 112 Å². The van der Waals surface area contributed by atoms with Crippen LogP contribution in [0.15, 0.2) is 24.4 Å². The van der Waals surface area contributed by atoms with Gasteiger partial charge in [0.1, 0.15) is 30.3 Å². The van der Waals surface area contributed by atoms with Gasteiger partial charge in [0.2, 0.25) is 5.91 Å². The summed E-state index contributed by atoms with van der Waals surface area (Å²) in [4.78, 5) is 29.0. The molecule has 2 aromatic rings. The second kappa shape index (κ2) is 6.31. The minimum Gasteiger partial charge on any atom is -0.491 e. The normalized spacial score (nSPS) is 24.9. The average molecular weight is 419 g/mol. The molecule has 3 N–H and O–H groups in total. The molecule has 3 aliphatic rings. The fourth-order valence-corrected chi connectivity index (χ4v) is 3.98. The maximum atomic E-state index is 13.7. The second-order valence-corrected chi connectivity index (χ2v) is 7.65. The maximum Gasteiger partial charge on any atom is 0.416 e. The number of primary amides is 1. The molecule has 158 valence electrons. The first-order valence-electron chi connectivity index (χ1n) is 9.50. The number of amides is 2. The molecule has 0 spiro atoms. The predicted molar refractivity (Wildman–Crippen MR) is 102 cm³/mol. The van der Waals surface area contributed by atoms with Gasteiger partial charge in [0.05, 0.1) is 12.1 Å². The molecule has 3 atom stereocenters. The Morgan fingerprint density at radius 3 is 2.97 bits per heavy atom. The molecule has 1 aliphatic carbocycles. The highest BCUT2D eigenvalue weighted by Crippen LogP contribution is 2.55. The van der Waals surface area contributed by atoms with E-state index in [9.17, 15) is 18.4 Å². The highest BCUT2D eigenvalue weighted by molar-refractivity contribution is 5.93. The summed E-state index contributed by atoms with van der Waals surface area (Å²) in [6, 6.07) is 4.65. The predicted octanol–water partition coefficient (Wildman–Crippen LogP) is 1.96. The zero-order valence-corrected chi connectivity index (χ0v) is 16.0. The Balaban J connectivity index is 1.51. The molecular weight excluding hydrogens is 400 g/mol. The van der Waals surface area contributed by atoms with Gasteiger partial charge in [-0.3, -0.25) is 4.79 Å². The number of rotatable bonds is 5. The third kappa shape index (κ3) is 2.61. The zero-order valence-electron chi connectivity index (χ0n) is 16.0. The molecule has 0 bridgehead atoms. The lowest BCUT2D eigenvalue weighted by atomic mass is 10.1. The lowest BCUT2D eigenvalue weighted by molar-refractivity contribution is -0.118. The minimum absolute atomic E-state index is 0.0887. The number of fused-ring (bicyclic) bond motifs is 4. The van der Waals surface area contributed by atoms with Crippen LogP contribution in [0.4, 0.5) is 25.1 Å². The monoisotopic (exact) mass is 419 g/mol.